The minimum absolute atomic E-state index is 0.0416. The Morgan fingerprint density at radius 3 is 2.75 bits per heavy atom. The number of carbonyl (C=O) groups excluding carboxylic acids is 2. The SMILES string of the molecule is CC1(C(=O)NC2CCCCC2)Cn2c(cc3occc32)C(=O)N1CCCN1CCOCC1. The lowest BCUT2D eigenvalue weighted by molar-refractivity contribution is -0.133. The van der Waals surface area contributed by atoms with E-state index in [2.05, 4.69) is 10.2 Å². The van der Waals surface area contributed by atoms with Gasteiger partial charge in [0.05, 0.1) is 31.5 Å². The number of fused-ring (bicyclic) bond motifs is 3. The number of aromatic nitrogens is 1. The molecular formula is C24H34N4O4. The van der Waals surface area contributed by atoms with Gasteiger partial charge in [-0.2, -0.15) is 0 Å². The molecule has 2 amide bonds. The average Bonchev–Trinajstić information content (AvgIpc) is 3.40. The molecule has 0 spiro atoms. The van der Waals surface area contributed by atoms with Crippen molar-refractivity contribution in [1.29, 1.82) is 0 Å². The van der Waals surface area contributed by atoms with Gasteiger partial charge in [0.15, 0.2) is 5.58 Å². The molecule has 1 unspecified atom stereocenters. The molecule has 0 bridgehead atoms. The predicted molar refractivity (Wildman–Crippen MR) is 121 cm³/mol. The van der Waals surface area contributed by atoms with Crippen molar-refractivity contribution in [3.8, 4) is 0 Å². The first kappa shape index (κ1) is 21.5. The summed E-state index contributed by atoms with van der Waals surface area (Å²) in [6.07, 6.45) is 8.05. The third-order valence-corrected chi connectivity index (χ3v) is 7.44. The Hall–Kier alpha value is -2.32. The fourth-order valence-corrected chi connectivity index (χ4v) is 5.49. The number of hydrogen-bond acceptors (Lipinski definition) is 5. The van der Waals surface area contributed by atoms with Crippen LogP contribution in [0.15, 0.2) is 22.8 Å². The van der Waals surface area contributed by atoms with Crippen molar-refractivity contribution in [2.24, 2.45) is 0 Å². The van der Waals surface area contributed by atoms with E-state index < -0.39 is 5.54 Å². The second-order valence-corrected chi connectivity index (χ2v) is 9.63. The number of hydrogen-bond donors (Lipinski definition) is 1. The topological polar surface area (TPSA) is 80.0 Å². The van der Waals surface area contributed by atoms with Gasteiger partial charge in [-0.05, 0) is 26.2 Å². The van der Waals surface area contributed by atoms with E-state index in [0.29, 0.717) is 24.4 Å². The summed E-state index contributed by atoms with van der Waals surface area (Å²) < 4.78 is 13.0. The Kier molecular flexibility index (Phi) is 5.99. The minimum Gasteiger partial charge on any atom is -0.463 e. The lowest BCUT2D eigenvalue weighted by Gasteiger charge is -2.45. The van der Waals surface area contributed by atoms with E-state index in [1.807, 2.05) is 23.6 Å². The molecule has 1 saturated carbocycles. The Labute approximate surface area is 188 Å². The molecule has 2 fully saturated rings. The van der Waals surface area contributed by atoms with E-state index >= 15 is 0 Å². The van der Waals surface area contributed by atoms with Crippen molar-refractivity contribution in [2.45, 2.75) is 63.6 Å². The first-order valence-electron chi connectivity index (χ1n) is 12.1. The van der Waals surface area contributed by atoms with Crippen LogP contribution in [-0.2, 0) is 16.1 Å². The summed E-state index contributed by atoms with van der Waals surface area (Å²) in [7, 11) is 0. The quantitative estimate of drug-likeness (QED) is 0.744. The average molecular weight is 443 g/mol. The van der Waals surface area contributed by atoms with Crippen LogP contribution in [0.3, 0.4) is 0 Å². The molecule has 1 N–H and O–H groups in total. The van der Waals surface area contributed by atoms with E-state index in [9.17, 15) is 9.59 Å². The van der Waals surface area contributed by atoms with Crippen molar-refractivity contribution in [3.05, 3.63) is 24.1 Å². The summed E-state index contributed by atoms with van der Waals surface area (Å²) >= 11 is 0. The fourth-order valence-electron chi connectivity index (χ4n) is 5.49. The van der Waals surface area contributed by atoms with Crippen LogP contribution in [-0.4, -0.2) is 77.2 Å². The molecule has 8 nitrogen and oxygen atoms in total. The molecule has 174 valence electrons. The first-order chi connectivity index (χ1) is 15.6. The van der Waals surface area contributed by atoms with Gasteiger partial charge in [-0.1, -0.05) is 19.3 Å². The maximum Gasteiger partial charge on any atom is 0.271 e. The van der Waals surface area contributed by atoms with Crippen LogP contribution >= 0.6 is 0 Å². The number of furan rings is 1. The Balaban J connectivity index is 1.38. The number of carbonyl (C=O) groups is 2. The highest BCUT2D eigenvalue weighted by Gasteiger charge is 2.48. The maximum absolute atomic E-state index is 13.6. The lowest BCUT2D eigenvalue weighted by atomic mass is 9.91. The number of amides is 2. The highest BCUT2D eigenvalue weighted by molar-refractivity contribution is 6.02. The van der Waals surface area contributed by atoms with Crippen LogP contribution < -0.4 is 5.32 Å². The van der Waals surface area contributed by atoms with Gasteiger partial charge in [-0.25, -0.2) is 0 Å². The van der Waals surface area contributed by atoms with Crippen molar-refractivity contribution in [1.82, 2.24) is 19.7 Å². The normalized spacial score (nSPS) is 25.3. The van der Waals surface area contributed by atoms with Gasteiger partial charge in [0.1, 0.15) is 11.2 Å². The maximum atomic E-state index is 13.6. The van der Waals surface area contributed by atoms with Crippen molar-refractivity contribution < 1.29 is 18.7 Å². The van der Waals surface area contributed by atoms with Crippen molar-refractivity contribution >= 4 is 22.9 Å². The highest BCUT2D eigenvalue weighted by Crippen LogP contribution is 2.33. The molecule has 1 saturated heterocycles. The summed E-state index contributed by atoms with van der Waals surface area (Å²) in [5.74, 6) is -0.133. The van der Waals surface area contributed by atoms with Crippen LogP contribution in [0.5, 0.6) is 0 Å². The van der Waals surface area contributed by atoms with E-state index in [4.69, 9.17) is 9.15 Å². The lowest BCUT2D eigenvalue weighted by Crippen LogP contribution is -2.65. The molecule has 32 heavy (non-hydrogen) atoms. The zero-order chi connectivity index (χ0) is 22.1. The zero-order valence-electron chi connectivity index (χ0n) is 19.0. The second-order valence-electron chi connectivity index (χ2n) is 9.63. The molecule has 3 aliphatic rings. The number of rotatable bonds is 6. The van der Waals surface area contributed by atoms with E-state index in [1.54, 1.807) is 11.2 Å². The van der Waals surface area contributed by atoms with Crippen molar-refractivity contribution in [3.63, 3.8) is 0 Å². The van der Waals surface area contributed by atoms with Crippen LogP contribution in [0, 0.1) is 0 Å². The second kappa shape index (κ2) is 8.90. The summed E-state index contributed by atoms with van der Waals surface area (Å²) in [5, 5.41) is 3.29. The molecule has 2 aromatic heterocycles. The third-order valence-electron chi connectivity index (χ3n) is 7.44. The van der Waals surface area contributed by atoms with E-state index in [1.165, 1.54) is 6.42 Å². The summed E-state index contributed by atoms with van der Waals surface area (Å²) in [6, 6.07) is 3.89. The first-order valence-corrected chi connectivity index (χ1v) is 12.1. The van der Waals surface area contributed by atoms with E-state index in [-0.39, 0.29) is 17.9 Å². The molecule has 5 rings (SSSR count). The van der Waals surface area contributed by atoms with E-state index in [0.717, 1.165) is 70.5 Å². The predicted octanol–water partition coefficient (Wildman–Crippen LogP) is 2.62. The number of ether oxygens (including phenoxy) is 1. The molecule has 1 atom stereocenters. The number of morpholine rings is 1. The van der Waals surface area contributed by atoms with Gasteiger partial charge in [0.2, 0.25) is 5.91 Å². The number of nitrogens with one attached hydrogen (secondary N) is 1. The van der Waals surface area contributed by atoms with Crippen LogP contribution in [0.2, 0.25) is 0 Å². The molecule has 4 heterocycles. The van der Waals surface area contributed by atoms with Crippen LogP contribution in [0.4, 0.5) is 0 Å². The van der Waals surface area contributed by atoms with Gasteiger partial charge in [0.25, 0.3) is 5.91 Å². The molecule has 2 aromatic rings. The molecule has 8 heteroatoms. The van der Waals surface area contributed by atoms with Gasteiger partial charge in [0, 0.05) is 44.4 Å². The Morgan fingerprint density at radius 2 is 1.97 bits per heavy atom. The highest BCUT2D eigenvalue weighted by atomic mass is 16.5. The number of nitrogens with zero attached hydrogens (tertiary/aromatic N) is 3. The minimum atomic E-state index is -0.935. The smallest absolute Gasteiger partial charge is 0.271 e. The van der Waals surface area contributed by atoms with Crippen LogP contribution in [0.25, 0.3) is 11.1 Å². The summed E-state index contributed by atoms with van der Waals surface area (Å²) in [4.78, 5) is 31.4. The molecule has 1 aliphatic carbocycles. The zero-order valence-corrected chi connectivity index (χ0v) is 19.0. The van der Waals surface area contributed by atoms with Crippen LogP contribution in [0.1, 0.15) is 55.9 Å². The third kappa shape index (κ3) is 3.94. The largest absolute Gasteiger partial charge is 0.463 e. The summed E-state index contributed by atoms with van der Waals surface area (Å²) in [5.41, 5.74) is 1.24. The van der Waals surface area contributed by atoms with Gasteiger partial charge >= 0.3 is 0 Å². The fraction of sp³-hybridized carbons (Fsp3) is 0.667. The standard InChI is InChI=1S/C24H34N4O4/c1-24(23(30)25-18-6-3-2-4-7-18)17-27-19-8-13-32-21(19)16-20(27)22(29)28(24)10-5-9-26-11-14-31-15-12-26/h8,13,16,18H,2-7,9-12,14-15,17H2,1H3,(H,25,30). The monoisotopic (exact) mass is 442 g/mol. The molecule has 2 aliphatic heterocycles. The Bertz CT molecular complexity index is 970. The summed E-state index contributed by atoms with van der Waals surface area (Å²) in [6.45, 7) is 7.18. The van der Waals surface area contributed by atoms with Crippen molar-refractivity contribution in [2.75, 3.05) is 39.4 Å². The van der Waals surface area contributed by atoms with Gasteiger partial charge < -0.3 is 23.9 Å². The van der Waals surface area contributed by atoms with Gasteiger partial charge in [-0.3, -0.25) is 14.5 Å². The Morgan fingerprint density at radius 1 is 1.19 bits per heavy atom. The molecule has 0 aromatic carbocycles. The van der Waals surface area contributed by atoms with Gasteiger partial charge in [-0.15, -0.1) is 0 Å². The molecular weight excluding hydrogens is 408 g/mol. The molecule has 0 radical (unpaired) electrons.